The van der Waals surface area contributed by atoms with E-state index in [2.05, 4.69) is 4.90 Å². The zero-order chi connectivity index (χ0) is 13.1. The molecule has 2 atom stereocenters. The predicted molar refractivity (Wildman–Crippen MR) is 69.9 cm³/mol. The van der Waals surface area contributed by atoms with Crippen LogP contribution in [0.2, 0.25) is 0 Å². The molecule has 1 aromatic carbocycles. The Bertz CT molecular complexity index is 433. The van der Waals surface area contributed by atoms with Gasteiger partial charge in [-0.25, -0.2) is 0 Å². The Morgan fingerprint density at radius 3 is 2.89 bits per heavy atom. The molecule has 0 aromatic heterocycles. The van der Waals surface area contributed by atoms with Crippen LogP contribution in [0.4, 0.5) is 5.69 Å². The molecule has 4 nitrogen and oxygen atoms in total. The highest BCUT2D eigenvalue weighted by molar-refractivity contribution is 5.80. The smallest absolute Gasteiger partial charge is 0.311 e. The predicted octanol–water partition coefficient (Wildman–Crippen LogP) is 1.69. The molecule has 0 saturated heterocycles. The van der Waals surface area contributed by atoms with E-state index >= 15 is 0 Å². The maximum absolute atomic E-state index is 11.2. The summed E-state index contributed by atoms with van der Waals surface area (Å²) >= 11 is 0. The van der Waals surface area contributed by atoms with Crippen LogP contribution in [0.1, 0.15) is 24.8 Å². The third-order valence-corrected chi connectivity index (χ3v) is 3.48. The number of carbonyl (C=O) groups is 1. The Morgan fingerprint density at radius 2 is 2.22 bits per heavy atom. The largest absolute Gasteiger partial charge is 0.481 e. The minimum atomic E-state index is -0.752. The summed E-state index contributed by atoms with van der Waals surface area (Å²) in [7, 11) is 0. The van der Waals surface area contributed by atoms with Crippen LogP contribution < -0.4 is 4.90 Å². The first kappa shape index (κ1) is 12.9. The van der Waals surface area contributed by atoms with Gasteiger partial charge < -0.3 is 15.1 Å². The van der Waals surface area contributed by atoms with Crippen LogP contribution in [0.5, 0.6) is 0 Å². The van der Waals surface area contributed by atoms with Crippen molar-refractivity contribution in [2.45, 2.75) is 19.3 Å². The Balaban J connectivity index is 2.27. The maximum Gasteiger partial charge on any atom is 0.311 e. The minimum absolute atomic E-state index is 0.154. The number of aliphatic carboxylic acids is 1. The molecule has 2 rings (SSSR count). The van der Waals surface area contributed by atoms with E-state index in [0.717, 1.165) is 24.3 Å². The average Bonchev–Trinajstić information content (AvgIpc) is 2.38. The second-order valence-electron chi connectivity index (χ2n) is 4.97. The molecule has 0 saturated carbocycles. The Morgan fingerprint density at radius 1 is 1.50 bits per heavy atom. The highest BCUT2D eigenvalue weighted by Crippen LogP contribution is 2.35. The first-order valence-electron chi connectivity index (χ1n) is 6.31. The van der Waals surface area contributed by atoms with Gasteiger partial charge in [-0.1, -0.05) is 25.1 Å². The van der Waals surface area contributed by atoms with E-state index in [9.17, 15) is 9.90 Å². The second kappa shape index (κ2) is 5.40. The molecule has 18 heavy (non-hydrogen) atoms. The van der Waals surface area contributed by atoms with E-state index in [1.807, 2.05) is 31.2 Å². The second-order valence-corrected chi connectivity index (χ2v) is 4.97. The summed E-state index contributed by atoms with van der Waals surface area (Å²) < 4.78 is 0. The lowest BCUT2D eigenvalue weighted by atomic mass is 9.89. The number of anilines is 1. The summed E-state index contributed by atoms with van der Waals surface area (Å²) in [4.78, 5) is 13.4. The van der Waals surface area contributed by atoms with Gasteiger partial charge in [0, 0.05) is 25.4 Å². The third-order valence-electron chi connectivity index (χ3n) is 3.48. The molecule has 0 aliphatic carbocycles. The fraction of sp³-hybridized carbons (Fsp3) is 0.500. The van der Waals surface area contributed by atoms with Crippen LogP contribution in [-0.4, -0.2) is 35.9 Å². The van der Waals surface area contributed by atoms with Crippen LogP contribution in [0.15, 0.2) is 24.3 Å². The van der Waals surface area contributed by atoms with Gasteiger partial charge in [0.25, 0.3) is 0 Å². The minimum Gasteiger partial charge on any atom is -0.481 e. The molecule has 0 spiro atoms. The Hall–Kier alpha value is -1.55. The SMILES string of the molecule is CC(CO)CN1CCC(C(=O)O)c2ccccc21. The number of carboxylic acids is 1. The Labute approximate surface area is 107 Å². The number of fused-ring (bicyclic) bond motifs is 1. The Kier molecular flexibility index (Phi) is 3.87. The van der Waals surface area contributed by atoms with E-state index in [-0.39, 0.29) is 12.5 Å². The van der Waals surface area contributed by atoms with Crippen LogP contribution >= 0.6 is 0 Å². The maximum atomic E-state index is 11.2. The summed E-state index contributed by atoms with van der Waals surface area (Å²) in [6.45, 7) is 3.64. The number of hydrogen-bond donors (Lipinski definition) is 2. The lowest BCUT2D eigenvalue weighted by molar-refractivity contribution is -0.139. The molecule has 2 unspecified atom stereocenters. The first-order valence-corrected chi connectivity index (χ1v) is 6.31. The fourth-order valence-electron chi connectivity index (χ4n) is 2.51. The molecule has 2 N–H and O–H groups in total. The number of carboxylic acid groups (broad SMARTS) is 1. The number of hydrogen-bond acceptors (Lipinski definition) is 3. The van der Waals surface area contributed by atoms with Crippen molar-refractivity contribution >= 4 is 11.7 Å². The van der Waals surface area contributed by atoms with Crippen molar-refractivity contribution in [2.24, 2.45) is 5.92 Å². The number of benzene rings is 1. The molecule has 0 radical (unpaired) electrons. The quantitative estimate of drug-likeness (QED) is 0.852. The summed E-state index contributed by atoms with van der Waals surface area (Å²) in [5.41, 5.74) is 1.89. The van der Waals surface area contributed by atoms with Gasteiger partial charge in [-0.15, -0.1) is 0 Å². The molecule has 1 aliphatic heterocycles. The normalized spacial score (nSPS) is 20.3. The van der Waals surface area contributed by atoms with Crippen molar-refractivity contribution in [3.63, 3.8) is 0 Å². The van der Waals surface area contributed by atoms with Crippen LogP contribution in [0.25, 0.3) is 0 Å². The van der Waals surface area contributed by atoms with E-state index < -0.39 is 11.9 Å². The summed E-state index contributed by atoms with van der Waals surface area (Å²) in [6, 6.07) is 7.67. The number of rotatable bonds is 4. The lowest BCUT2D eigenvalue weighted by Crippen LogP contribution is -2.37. The van der Waals surface area contributed by atoms with Gasteiger partial charge >= 0.3 is 5.97 Å². The number of para-hydroxylation sites is 1. The molecule has 1 aliphatic rings. The van der Waals surface area contributed by atoms with Crippen molar-refractivity contribution in [3.8, 4) is 0 Å². The number of aliphatic hydroxyl groups excluding tert-OH is 1. The van der Waals surface area contributed by atoms with E-state index in [1.54, 1.807) is 0 Å². The zero-order valence-corrected chi connectivity index (χ0v) is 10.5. The number of nitrogens with zero attached hydrogens (tertiary/aromatic N) is 1. The van der Waals surface area contributed by atoms with E-state index in [4.69, 9.17) is 5.11 Å². The van der Waals surface area contributed by atoms with Gasteiger partial charge in [0.2, 0.25) is 0 Å². The number of aliphatic hydroxyl groups is 1. The summed E-state index contributed by atoms with van der Waals surface area (Å²) in [5, 5.41) is 18.4. The molecular formula is C14H19NO3. The molecular weight excluding hydrogens is 230 g/mol. The monoisotopic (exact) mass is 249 g/mol. The molecule has 4 heteroatoms. The van der Waals surface area contributed by atoms with Crippen molar-refractivity contribution in [3.05, 3.63) is 29.8 Å². The van der Waals surface area contributed by atoms with Crippen molar-refractivity contribution in [1.29, 1.82) is 0 Å². The van der Waals surface area contributed by atoms with E-state index in [1.165, 1.54) is 0 Å². The zero-order valence-electron chi connectivity index (χ0n) is 10.5. The van der Waals surface area contributed by atoms with Crippen LogP contribution in [0, 0.1) is 5.92 Å². The highest BCUT2D eigenvalue weighted by Gasteiger charge is 2.29. The van der Waals surface area contributed by atoms with E-state index in [0.29, 0.717) is 6.42 Å². The highest BCUT2D eigenvalue weighted by atomic mass is 16.4. The topological polar surface area (TPSA) is 60.8 Å². The third kappa shape index (κ3) is 2.48. The molecule has 0 amide bonds. The summed E-state index contributed by atoms with van der Waals surface area (Å²) in [5.74, 6) is -0.960. The fourth-order valence-corrected chi connectivity index (χ4v) is 2.51. The van der Waals surface area contributed by atoms with Gasteiger partial charge in [-0.3, -0.25) is 4.79 Å². The average molecular weight is 249 g/mol. The molecule has 0 fully saturated rings. The molecule has 98 valence electrons. The van der Waals surface area contributed by atoms with Gasteiger partial charge in [0.1, 0.15) is 0 Å². The first-order chi connectivity index (χ1) is 8.63. The van der Waals surface area contributed by atoms with Crippen LogP contribution in [-0.2, 0) is 4.79 Å². The van der Waals surface area contributed by atoms with Crippen molar-refractivity contribution < 1.29 is 15.0 Å². The molecule has 1 heterocycles. The van der Waals surface area contributed by atoms with Crippen molar-refractivity contribution in [1.82, 2.24) is 0 Å². The summed E-state index contributed by atoms with van der Waals surface area (Å²) in [6.07, 6.45) is 0.629. The standard InChI is InChI=1S/C14H19NO3/c1-10(9-16)8-15-7-6-12(14(17)18)11-4-2-3-5-13(11)15/h2-5,10,12,16H,6-9H2,1H3,(H,17,18). The van der Waals surface area contributed by atoms with Gasteiger partial charge in [0.05, 0.1) is 5.92 Å². The molecule has 0 bridgehead atoms. The lowest BCUT2D eigenvalue weighted by Gasteiger charge is -2.35. The van der Waals surface area contributed by atoms with Gasteiger partial charge in [-0.2, -0.15) is 0 Å². The molecule has 1 aromatic rings. The van der Waals surface area contributed by atoms with Gasteiger partial charge in [0.15, 0.2) is 0 Å². The van der Waals surface area contributed by atoms with Crippen molar-refractivity contribution in [2.75, 3.05) is 24.6 Å². The van der Waals surface area contributed by atoms with Crippen LogP contribution in [0.3, 0.4) is 0 Å². The van der Waals surface area contributed by atoms with Gasteiger partial charge in [-0.05, 0) is 24.0 Å².